The molecule has 3 saturated heterocycles. The molecule has 3 aliphatic rings. The third-order valence-electron chi connectivity index (χ3n) is 15.1. The van der Waals surface area contributed by atoms with Crippen LogP contribution in [0.1, 0.15) is 126 Å². The summed E-state index contributed by atoms with van der Waals surface area (Å²) in [6.45, 7) is 32.4. The Morgan fingerprint density at radius 1 is 0.679 bits per heavy atom. The number of rotatable bonds is 14. The van der Waals surface area contributed by atoms with Crippen LogP contribution in [0.3, 0.4) is 0 Å². The predicted octanol–water partition coefficient (Wildman–Crippen LogP) is 10.0. The average Bonchev–Trinajstić information content (AvgIpc) is 3.67. The number of benzene rings is 2. The average molecular weight is 1160 g/mol. The molecule has 3 aliphatic heterocycles. The first-order valence-electron chi connectivity index (χ1n) is 28.1. The number of carbonyl (C=O) groups is 2. The topological polar surface area (TPSA) is 245 Å². The summed E-state index contributed by atoms with van der Waals surface area (Å²) < 4.78 is 34.6. The van der Waals surface area contributed by atoms with Gasteiger partial charge in [0.25, 0.3) is 23.6 Å². The number of aromatic nitrogens is 6. The van der Waals surface area contributed by atoms with Gasteiger partial charge in [0.1, 0.15) is 11.4 Å². The number of nitrogens with zero attached hydrogens (tertiary/aromatic N) is 10. The highest BCUT2D eigenvalue weighted by atomic mass is 35.5. The molecule has 0 spiro atoms. The van der Waals surface area contributed by atoms with Gasteiger partial charge in [-0.25, -0.2) is 0 Å². The maximum absolute atomic E-state index is 13.0. The number of anilines is 4. The summed E-state index contributed by atoms with van der Waals surface area (Å²) in [6, 6.07) is 26.6. The van der Waals surface area contributed by atoms with Gasteiger partial charge in [-0.3, -0.25) is 19.6 Å². The number of halogens is 1. The fourth-order valence-electron chi connectivity index (χ4n) is 9.18. The highest BCUT2D eigenvalue weighted by Crippen LogP contribution is 2.38. The molecule has 2 amide bonds. The van der Waals surface area contributed by atoms with Crippen LogP contribution in [0.5, 0.6) is 11.8 Å². The predicted molar refractivity (Wildman–Crippen MR) is 325 cm³/mol. The third-order valence-corrected chi connectivity index (χ3v) is 15.3. The zero-order valence-electron chi connectivity index (χ0n) is 50.6. The molecular formula is C62H76BClN12O8. The van der Waals surface area contributed by atoms with E-state index in [0.717, 1.165) is 46.6 Å². The van der Waals surface area contributed by atoms with Crippen molar-refractivity contribution < 1.29 is 37.8 Å². The van der Waals surface area contributed by atoms with Gasteiger partial charge in [-0.2, -0.15) is 10.5 Å². The van der Waals surface area contributed by atoms with Crippen molar-refractivity contribution in [1.82, 2.24) is 30.4 Å². The van der Waals surface area contributed by atoms with Crippen molar-refractivity contribution in [3.63, 3.8) is 0 Å². The number of carbonyl (C=O) groups excluding carboxylic acids is 2. The van der Waals surface area contributed by atoms with Crippen molar-refractivity contribution in [3.05, 3.63) is 124 Å². The standard InChI is InChI=1S/C28H32N6O3.C23H28BN3O3.C11H16ClN3O2/c1-6-37-27-24(34-11-12-36-16-19(34)3)15-23(32-33-27)22-14-21(8-7-18(22)2)31-26(35)20-9-10-30-25(13-20)28(4,5)17-29;1-15-8-9-17(13-18(15)24-29-22(4,5)23(6,7)30-24)27-20(28)16-10-11-26-19(12-16)21(2,3)14-25;1-3-17-11-9(6-10(12)13-14-11)15-4-5-16-7-8(15)2/h7-10,13-15,19H,6,11-12,16H2,1-5H3,(H,31,35);8-13H,1-7H3,(H,27,28);6,8H,3-5,7H2,1-2H3/t19-;;8-/m0.0/s1. The molecule has 84 heavy (non-hydrogen) atoms. The second-order valence-electron chi connectivity index (χ2n) is 22.8. The number of hydrogen-bond donors (Lipinski definition) is 2. The molecule has 0 radical (unpaired) electrons. The molecule has 0 saturated carbocycles. The van der Waals surface area contributed by atoms with Crippen molar-refractivity contribution in [2.45, 2.75) is 131 Å². The van der Waals surface area contributed by atoms with Gasteiger partial charge >= 0.3 is 7.12 Å². The maximum atomic E-state index is 13.0. The molecule has 3 fully saturated rings. The molecule has 9 rings (SSSR count). The van der Waals surface area contributed by atoms with Crippen LogP contribution in [0.25, 0.3) is 11.3 Å². The van der Waals surface area contributed by atoms with Crippen LogP contribution >= 0.6 is 11.6 Å². The molecule has 2 N–H and O–H groups in total. The molecule has 22 heteroatoms. The molecule has 0 unspecified atom stereocenters. The minimum Gasteiger partial charge on any atom is -0.475 e. The minimum atomic E-state index is -0.796. The lowest BCUT2D eigenvalue weighted by Crippen LogP contribution is -2.44. The van der Waals surface area contributed by atoms with E-state index in [2.05, 4.69) is 76.8 Å². The number of nitrogens with one attached hydrogen (secondary N) is 2. The Morgan fingerprint density at radius 3 is 1.62 bits per heavy atom. The van der Waals surface area contributed by atoms with Crippen LogP contribution in [0.2, 0.25) is 5.15 Å². The number of morpholine rings is 2. The molecule has 0 aliphatic carbocycles. The zero-order valence-corrected chi connectivity index (χ0v) is 51.3. The Kier molecular flexibility index (Phi) is 20.7. The molecular weight excluding hydrogens is 1090 g/mol. The van der Waals surface area contributed by atoms with E-state index in [4.69, 9.17) is 39.9 Å². The minimum absolute atomic E-state index is 0.174. The molecule has 4 aromatic heterocycles. The summed E-state index contributed by atoms with van der Waals surface area (Å²) in [5, 5.41) is 41.7. The van der Waals surface area contributed by atoms with Crippen LogP contribution in [0, 0.1) is 36.5 Å². The Bertz CT molecular complexity index is 3390. The van der Waals surface area contributed by atoms with Gasteiger partial charge in [-0.15, -0.1) is 20.4 Å². The Balaban J connectivity index is 0.000000193. The van der Waals surface area contributed by atoms with Crippen molar-refractivity contribution >= 4 is 58.7 Å². The highest BCUT2D eigenvalue weighted by molar-refractivity contribution is 6.62. The second-order valence-corrected chi connectivity index (χ2v) is 23.2. The van der Waals surface area contributed by atoms with Crippen LogP contribution in [0.4, 0.5) is 22.7 Å². The van der Waals surface area contributed by atoms with Crippen molar-refractivity contribution in [2.24, 2.45) is 0 Å². The van der Waals surface area contributed by atoms with E-state index >= 15 is 0 Å². The van der Waals surface area contributed by atoms with Crippen LogP contribution in [-0.4, -0.2) is 125 Å². The van der Waals surface area contributed by atoms with Gasteiger partial charge in [0.15, 0.2) is 5.15 Å². The number of nitriles is 2. The largest absolute Gasteiger partial charge is 0.495 e. The maximum Gasteiger partial charge on any atom is 0.495 e. The smallest absolute Gasteiger partial charge is 0.475 e. The Morgan fingerprint density at radius 2 is 1.14 bits per heavy atom. The van der Waals surface area contributed by atoms with E-state index in [1.54, 1.807) is 70.4 Å². The molecule has 442 valence electrons. The molecule has 2 atom stereocenters. The number of pyridine rings is 2. The van der Waals surface area contributed by atoms with Crippen LogP contribution < -0.4 is 35.4 Å². The summed E-state index contributed by atoms with van der Waals surface area (Å²) in [5.74, 6) is 0.477. The van der Waals surface area contributed by atoms with E-state index < -0.39 is 29.2 Å². The summed E-state index contributed by atoms with van der Waals surface area (Å²) in [7, 11) is -0.504. The summed E-state index contributed by atoms with van der Waals surface area (Å²) >= 11 is 5.90. The summed E-state index contributed by atoms with van der Waals surface area (Å²) in [6.07, 6.45) is 3.10. The van der Waals surface area contributed by atoms with E-state index in [9.17, 15) is 20.1 Å². The van der Waals surface area contributed by atoms with E-state index in [0.29, 0.717) is 96.1 Å². The van der Waals surface area contributed by atoms with Gasteiger partial charge in [-0.05, 0) is 163 Å². The third kappa shape index (κ3) is 15.3. The fourth-order valence-corrected chi connectivity index (χ4v) is 9.32. The normalized spacial score (nSPS) is 17.3. The van der Waals surface area contributed by atoms with Gasteiger partial charge < -0.3 is 48.7 Å². The first-order chi connectivity index (χ1) is 39.8. The number of hydrogen-bond acceptors (Lipinski definition) is 18. The lowest BCUT2D eigenvalue weighted by Gasteiger charge is -2.35. The van der Waals surface area contributed by atoms with Gasteiger partial charge in [-0.1, -0.05) is 29.3 Å². The van der Waals surface area contributed by atoms with Crippen molar-refractivity contribution in [2.75, 3.05) is 73.2 Å². The van der Waals surface area contributed by atoms with Gasteiger partial charge in [0.2, 0.25) is 0 Å². The quantitative estimate of drug-likeness (QED) is 0.0963. The van der Waals surface area contributed by atoms with Gasteiger partial charge in [0, 0.05) is 71.7 Å². The Labute approximate surface area is 498 Å². The summed E-state index contributed by atoms with van der Waals surface area (Å²) in [4.78, 5) is 38.8. The van der Waals surface area contributed by atoms with Gasteiger partial charge in [0.05, 0.1) is 90.9 Å². The highest BCUT2D eigenvalue weighted by Gasteiger charge is 2.52. The van der Waals surface area contributed by atoms with E-state index in [1.807, 2.05) is 97.9 Å². The molecule has 7 heterocycles. The monoisotopic (exact) mass is 1160 g/mol. The van der Waals surface area contributed by atoms with E-state index in [1.165, 1.54) is 0 Å². The molecule has 6 aromatic rings. The lowest BCUT2D eigenvalue weighted by atomic mass is 9.76. The molecule has 2 aromatic carbocycles. The fraction of sp³-hybridized carbons (Fsp3) is 0.452. The van der Waals surface area contributed by atoms with Crippen molar-refractivity contribution in [1.29, 1.82) is 10.5 Å². The summed E-state index contributed by atoms with van der Waals surface area (Å²) in [5.41, 5.74) is 7.01. The zero-order chi connectivity index (χ0) is 61.1. The molecule has 0 bridgehead atoms. The first kappa shape index (κ1) is 63.8. The number of ether oxygens (including phenoxy) is 4. The second kappa shape index (κ2) is 27.3. The molecule has 20 nitrogen and oxygen atoms in total. The number of amides is 2. The first-order valence-corrected chi connectivity index (χ1v) is 28.5. The Hall–Kier alpha value is -7.79. The van der Waals surface area contributed by atoms with Crippen LogP contribution in [0.15, 0.2) is 85.2 Å². The van der Waals surface area contributed by atoms with Crippen molar-refractivity contribution in [3.8, 4) is 35.2 Å². The van der Waals surface area contributed by atoms with E-state index in [-0.39, 0.29) is 23.9 Å². The van der Waals surface area contributed by atoms with Crippen LogP contribution in [-0.2, 0) is 29.6 Å². The number of aryl methyl sites for hydroxylation is 2. The SMILES string of the molecule is CCOc1nnc(-c2cc(NC(=O)c3ccnc(C(C)(C)C#N)c3)ccc2C)cc1N1CCOC[C@@H]1C.CCOc1nnc(Cl)cc1N1CCOC[C@@H]1C.Cc1ccc(NC(=O)c2ccnc(C(C)(C)C#N)c2)cc1B1OC(C)(C)C(C)(C)O1. The lowest BCUT2D eigenvalue weighted by molar-refractivity contribution is 0.00578.